The summed E-state index contributed by atoms with van der Waals surface area (Å²) in [6.07, 6.45) is 0. The highest BCUT2D eigenvalue weighted by molar-refractivity contribution is 5.92. The minimum absolute atomic E-state index is 0.185. The second kappa shape index (κ2) is 8.15. The molecule has 3 aromatic rings. The number of furan rings is 1. The number of nitriles is 1. The molecule has 1 amide bonds. The van der Waals surface area contributed by atoms with Gasteiger partial charge in [0.2, 0.25) is 11.8 Å². The number of carbonyl (C=O) groups is 1. The number of anilines is 1. The number of fused-ring (bicyclic) bond motifs is 1. The zero-order chi connectivity index (χ0) is 20.3. The summed E-state index contributed by atoms with van der Waals surface area (Å²) in [5.41, 5.74) is 2.23. The van der Waals surface area contributed by atoms with Crippen LogP contribution in [0.3, 0.4) is 0 Å². The van der Waals surface area contributed by atoms with Crippen molar-refractivity contribution in [2.75, 3.05) is 26.0 Å². The van der Waals surface area contributed by atoms with Gasteiger partial charge in [-0.15, -0.1) is 0 Å². The van der Waals surface area contributed by atoms with Gasteiger partial charge in [0.1, 0.15) is 23.1 Å². The van der Waals surface area contributed by atoms with Crippen molar-refractivity contribution in [1.29, 1.82) is 5.26 Å². The van der Waals surface area contributed by atoms with Gasteiger partial charge in [0, 0.05) is 12.1 Å². The van der Waals surface area contributed by atoms with Crippen molar-refractivity contribution >= 4 is 22.6 Å². The lowest BCUT2D eigenvalue weighted by Crippen LogP contribution is -2.29. The van der Waals surface area contributed by atoms with Gasteiger partial charge in [-0.25, -0.2) is 0 Å². The number of amides is 1. The number of carbonyl (C=O) groups excluding carboxylic acids is 1. The Bertz CT molecular complexity index is 1060. The molecule has 0 atom stereocenters. The molecule has 2 aromatic carbocycles. The largest absolute Gasteiger partial charge is 0.497 e. The van der Waals surface area contributed by atoms with E-state index in [1.165, 1.54) is 0 Å². The van der Waals surface area contributed by atoms with Crippen molar-refractivity contribution in [2.24, 2.45) is 0 Å². The summed E-state index contributed by atoms with van der Waals surface area (Å²) < 4.78 is 10.7. The van der Waals surface area contributed by atoms with Crippen LogP contribution in [0.25, 0.3) is 10.8 Å². The molecule has 0 saturated carbocycles. The summed E-state index contributed by atoms with van der Waals surface area (Å²) in [6.45, 7) is 4.38. The van der Waals surface area contributed by atoms with Crippen LogP contribution in [-0.4, -0.2) is 31.5 Å². The van der Waals surface area contributed by atoms with E-state index in [2.05, 4.69) is 23.5 Å². The van der Waals surface area contributed by atoms with E-state index in [0.29, 0.717) is 17.9 Å². The molecule has 0 saturated heterocycles. The minimum atomic E-state index is -0.224. The zero-order valence-corrected chi connectivity index (χ0v) is 16.5. The fourth-order valence-electron chi connectivity index (χ4n) is 3.13. The molecule has 144 valence electrons. The molecule has 1 aromatic heterocycles. The number of methoxy groups -OCH3 is 1. The Kier molecular flexibility index (Phi) is 5.67. The van der Waals surface area contributed by atoms with E-state index >= 15 is 0 Å². The Morgan fingerprint density at radius 2 is 1.93 bits per heavy atom. The number of hydrogen-bond donors (Lipinski definition) is 1. The molecule has 0 fully saturated rings. The Hall–Kier alpha value is -3.30. The zero-order valence-electron chi connectivity index (χ0n) is 16.5. The molecule has 6 heteroatoms. The van der Waals surface area contributed by atoms with Crippen LogP contribution < -0.4 is 10.1 Å². The summed E-state index contributed by atoms with van der Waals surface area (Å²) >= 11 is 0. The average molecular weight is 377 g/mol. The van der Waals surface area contributed by atoms with Crippen molar-refractivity contribution in [2.45, 2.75) is 20.4 Å². The van der Waals surface area contributed by atoms with E-state index in [1.54, 1.807) is 21.0 Å². The third-order valence-corrected chi connectivity index (χ3v) is 4.73. The first-order valence-electron chi connectivity index (χ1n) is 8.96. The number of rotatable bonds is 6. The second-order valence-electron chi connectivity index (χ2n) is 6.87. The van der Waals surface area contributed by atoms with Crippen molar-refractivity contribution in [3.05, 3.63) is 58.8 Å². The van der Waals surface area contributed by atoms with Crippen LogP contribution in [0, 0.1) is 25.2 Å². The van der Waals surface area contributed by atoms with Gasteiger partial charge in [0.25, 0.3) is 0 Å². The second-order valence-corrected chi connectivity index (χ2v) is 6.87. The van der Waals surface area contributed by atoms with E-state index in [-0.39, 0.29) is 18.3 Å². The predicted octanol–water partition coefficient (Wildman–Crippen LogP) is 4.00. The van der Waals surface area contributed by atoms with E-state index in [0.717, 1.165) is 27.6 Å². The van der Waals surface area contributed by atoms with Crippen LogP contribution in [0.2, 0.25) is 0 Å². The molecule has 1 heterocycles. The maximum atomic E-state index is 12.3. The van der Waals surface area contributed by atoms with Crippen molar-refractivity contribution in [3.8, 4) is 11.8 Å². The normalized spacial score (nSPS) is 10.9. The lowest BCUT2D eigenvalue weighted by Gasteiger charge is -2.16. The van der Waals surface area contributed by atoms with Gasteiger partial charge >= 0.3 is 0 Å². The Morgan fingerprint density at radius 3 is 2.64 bits per heavy atom. The quantitative estimate of drug-likeness (QED) is 0.702. The Balaban J connectivity index is 1.64. The standard InChI is InChI=1S/C22H23N3O3/c1-14-15(2)28-22(20(14)11-23)24-21(26)13-25(3)12-16-5-6-18-10-19(27-4)8-7-17(18)9-16/h5-10H,12-13H2,1-4H3,(H,24,26). The lowest BCUT2D eigenvalue weighted by molar-refractivity contribution is -0.117. The first-order chi connectivity index (χ1) is 13.4. The van der Waals surface area contributed by atoms with Crippen molar-refractivity contribution in [3.63, 3.8) is 0 Å². The van der Waals surface area contributed by atoms with Crippen molar-refractivity contribution < 1.29 is 13.9 Å². The van der Waals surface area contributed by atoms with Crippen molar-refractivity contribution in [1.82, 2.24) is 4.90 Å². The minimum Gasteiger partial charge on any atom is -0.497 e. The van der Waals surface area contributed by atoms with Crippen LogP contribution in [0.1, 0.15) is 22.5 Å². The highest BCUT2D eigenvalue weighted by Crippen LogP contribution is 2.25. The monoisotopic (exact) mass is 377 g/mol. The van der Waals surface area contributed by atoms with E-state index in [9.17, 15) is 10.1 Å². The molecule has 1 N–H and O–H groups in total. The third kappa shape index (κ3) is 4.16. The van der Waals surface area contributed by atoms with Crippen LogP contribution in [0.5, 0.6) is 5.75 Å². The summed E-state index contributed by atoms with van der Waals surface area (Å²) in [7, 11) is 3.53. The topological polar surface area (TPSA) is 78.5 Å². The van der Waals surface area contributed by atoms with Crippen LogP contribution >= 0.6 is 0 Å². The smallest absolute Gasteiger partial charge is 0.240 e. The number of aryl methyl sites for hydroxylation is 1. The molecule has 0 unspecified atom stereocenters. The number of likely N-dealkylation sites (N-methyl/N-ethyl adjacent to an activating group) is 1. The molecular formula is C22H23N3O3. The molecule has 0 aliphatic rings. The number of nitrogens with zero attached hydrogens (tertiary/aromatic N) is 2. The molecule has 0 spiro atoms. The van der Waals surface area contributed by atoms with Crippen LogP contribution in [0.15, 0.2) is 40.8 Å². The third-order valence-electron chi connectivity index (χ3n) is 4.73. The van der Waals surface area contributed by atoms with Gasteiger partial charge in [-0.1, -0.05) is 18.2 Å². The predicted molar refractivity (Wildman–Crippen MR) is 108 cm³/mol. The fourth-order valence-corrected chi connectivity index (χ4v) is 3.13. The van der Waals surface area contributed by atoms with Gasteiger partial charge in [-0.2, -0.15) is 5.26 Å². The van der Waals surface area contributed by atoms with Gasteiger partial charge in [-0.3, -0.25) is 15.0 Å². The van der Waals surface area contributed by atoms with Gasteiger partial charge in [0.15, 0.2) is 0 Å². The molecule has 6 nitrogen and oxygen atoms in total. The van der Waals surface area contributed by atoms with E-state index in [4.69, 9.17) is 9.15 Å². The number of hydrogen-bond acceptors (Lipinski definition) is 5. The summed E-state index contributed by atoms with van der Waals surface area (Å²) in [5.74, 6) is 1.45. The molecule has 3 rings (SSSR count). The van der Waals surface area contributed by atoms with E-state index < -0.39 is 0 Å². The Morgan fingerprint density at radius 1 is 1.21 bits per heavy atom. The molecule has 28 heavy (non-hydrogen) atoms. The maximum absolute atomic E-state index is 12.3. The summed E-state index contributed by atoms with van der Waals surface area (Å²) in [5, 5.41) is 14.2. The first-order valence-corrected chi connectivity index (χ1v) is 8.96. The molecule has 0 bridgehead atoms. The first kappa shape index (κ1) is 19.5. The fraction of sp³-hybridized carbons (Fsp3) is 0.273. The number of benzene rings is 2. The number of ether oxygens (including phenoxy) is 1. The van der Waals surface area contributed by atoms with Crippen LogP contribution in [-0.2, 0) is 11.3 Å². The Labute approximate surface area is 164 Å². The van der Waals surface area contributed by atoms with E-state index in [1.807, 2.05) is 36.2 Å². The summed E-state index contributed by atoms with van der Waals surface area (Å²) in [6, 6.07) is 14.2. The molecule has 0 radical (unpaired) electrons. The van der Waals surface area contributed by atoms with Gasteiger partial charge < -0.3 is 9.15 Å². The molecule has 0 aliphatic heterocycles. The number of nitrogens with one attached hydrogen (secondary N) is 1. The van der Waals surface area contributed by atoms with Gasteiger partial charge in [-0.05, 0) is 55.4 Å². The van der Waals surface area contributed by atoms with Gasteiger partial charge in [0.05, 0.1) is 13.7 Å². The molecular weight excluding hydrogens is 354 g/mol. The van der Waals surface area contributed by atoms with Crippen LogP contribution in [0.4, 0.5) is 5.88 Å². The SMILES string of the molecule is COc1ccc2cc(CN(C)CC(=O)Nc3oc(C)c(C)c3C#N)ccc2c1. The highest BCUT2D eigenvalue weighted by Gasteiger charge is 2.17. The highest BCUT2D eigenvalue weighted by atomic mass is 16.5. The summed E-state index contributed by atoms with van der Waals surface area (Å²) in [4.78, 5) is 14.3. The average Bonchev–Trinajstić information content (AvgIpc) is 2.93. The maximum Gasteiger partial charge on any atom is 0.240 e. The molecule has 0 aliphatic carbocycles. The lowest BCUT2D eigenvalue weighted by atomic mass is 10.1.